The topological polar surface area (TPSA) is 79.8 Å². The van der Waals surface area contributed by atoms with Crippen molar-refractivity contribution in [3.05, 3.63) is 0 Å². The molecule has 1 aliphatic heterocycles. The summed E-state index contributed by atoms with van der Waals surface area (Å²) in [4.78, 5) is 11.7. The number of hydrogen-bond donors (Lipinski definition) is 3. The molecule has 1 heterocycles. The van der Waals surface area contributed by atoms with Crippen LogP contribution in [0.25, 0.3) is 0 Å². The molecule has 0 radical (unpaired) electrons. The van der Waals surface area contributed by atoms with Gasteiger partial charge < -0.3 is 25.2 Å². The molecule has 0 bridgehead atoms. The van der Waals surface area contributed by atoms with E-state index in [-0.39, 0.29) is 31.1 Å². The van der Waals surface area contributed by atoms with Crippen molar-refractivity contribution in [3.8, 4) is 0 Å². The Labute approximate surface area is 108 Å². The maximum absolute atomic E-state index is 11.7. The van der Waals surface area contributed by atoms with Crippen LogP contribution in [-0.4, -0.2) is 63.2 Å². The molecule has 0 aromatic rings. The predicted octanol–water partition coefficient (Wildman–Crippen LogP) is -0.731. The maximum Gasteiger partial charge on any atom is 0.234 e. The lowest BCUT2D eigenvalue weighted by molar-refractivity contribution is -0.121. The van der Waals surface area contributed by atoms with Crippen LogP contribution in [-0.2, 0) is 14.3 Å². The summed E-state index contributed by atoms with van der Waals surface area (Å²) in [6, 6.07) is 0.243. The molecule has 6 heteroatoms. The molecule has 1 amide bonds. The van der Waals surface area contributed by atoms with Crippen LogP contribution in [0.4, 0.5) is 0 Å². The molecule has 18 heavy (non-hydrogen) atoms. The number of amides is 1. The van der Waals surface area contributed by atoms with E-state index in [9.17, 15) is 4.79 Å². The number of aliphatic hydroxyl groups is 1. The molecule has 0 aliphatic carbocycles. The van der Waals surface area contributed by atoms with E-state index in [4.69, 9.17) is 14.6 Å². The lowest BCUT2D eigenvalue weighted by Gasteiger charge is -2.24. The SMILES string of the molecule is COCC(CCO)NCC(=O)NC1CCOCC1. The normalized spacial score (nSPS) is 18.6. The van der Waals surface area contributed by atoms with Crippen LogP contribution in [0, 0.1) is 0 Å². The van der Waals surface area contributed by atoms with Gasteiger partial charge in [0.1, 0.15) is 0 Å². The van der Waals surface area contributed by atoms with E-state index in [1.807, 2.05) is 0 Å². The molecule has 1 fully saturated rings. The van der Waals surface area contributed by atoms with Gasteiger partial charge in [-0.2, -0.15) is 0 Å². The molecule has 0 aromatic heterocycles. The van der Waals surface area contributed by atoms with Gasteiger partial charge in [0.15, 0.2) is 0 Å². The van der Waals surface area contributed by atoms with Crippen LogP contribution < -0.4 is 10.6 Å². The fraction of sp³-hybridized carbons (Fsp3) is 0.917. The van der Waals surface area contributed by atoms with Gasteiger partial charge in [-0.25, -0.2) is 0 Å². The molecular formula is C12H24N2O4. The number of nitrogens with one attached hydrogen (secondary N) is 2. The highest BCUT2D eigenvalue weighted by atomic mass is 16.5. The van der Waals surface area contributed by atoms with Crippen molar-refractivity contribution in [1.82, 2.24) is 10.6 Å². The molecule has 1 rings (SSSR count). The number of hydrogen-bond acceptors (Lipinski definition) is 5. The number of carbonyl (C=O) groups excluding carboxylic acids is 1. The van der Waals surface area contributed by atoms with E-state index >= 15 is 0 Å². The number of rotatable bonds is 8. The Bertz CT molecular complexity index is 226. The Hall–Kier alpha value is -0.690. The first-order chi connectivity index (χ1) is 8.76. The summed E-state index contributed by atoms with van der Waals surface area (Å²) in [6.45, 7) is 2.27. The lowest BCUT2D eigenvalue weighted by Crippen LogP contribution is -2.46. The third kappa shape index (κ3) is 6.30. The summed E-state index contributed by atoms with van der Waals surface area (Å²) in [7, 11) is 1.61. The second-order valence-electron chi connectivity index (χ2n) is 4.50. The molecule has 0 saturated carbocycles. The van der Waals surface area contributed by atoms with E-state index in [0.717, 1.165) is 26.1 Å². The van der Waals surface area contributed by atoms with Crippen molar-refractivity contribution < 1.29 is 19.4 Å². The summed E-state index contributed by atoms with van der Waals surface area (Å²) in [6.07, 6.45) is 2.34. The Balaban J connectivity index is 2.17. The molecule has 0 aromatic carbocycles. The largest absolute Gasteiger partial charge is 0.396 e. The zero-order valence-corrected chi connectivity index (χ0v) is 11.0. The fourth-order valence-electron chi connectivity index (χ4n) is 1.96. The average Bonchev–Trinajstić information content (AvgIpc) is 2.38. The van der Waals surface area contributed by atoms with Gasteiger partial charge in [-0.15, -0.1) is 0 Å². The number of ether oxygens (including phenoxy) is 2. The van der Waals surface area contributed by atoms with Gasteiger partial charge in [0.05, 0.1) is 13.2 Å². The first-order valence-electron chi connectivity index (χ1n) is 6.46. The minimum Gasteiger partial charge on any atom is -0.396 e. The highest BCUT2D eigenvalue weighted by Crippen LogP contribution is 2.05. The summed E-state index contributed by atoms with van der Waals surface area (Å²) in [5.41, 5.74) is 0. The highest BCUT2D eigenvalue weighted by Gasteiger charge is 2.16. The number of methoxy groups -OCH3 is 1. The molecule has 6 nitrogen and oxygen atoms in total. The molecule has 1 unspecified atom stereocenters. The molecule has 106 valence electrons. The van der Waals surface area contributed by atoms with Crippen LogP contribution in [0.2, 0.25) is 0 Å². The summed E-state index contributed by atoms with van der Waals surface area (Å²) in [5, 5.41) is 14.9. The van der Waals surface area contributed by atoms with Gasteiger partial charge in [-0.3, -0.25) is 4.79 Å². The van der Waals surface area contributed by atoms with E-state index in [1.54, 1.807) is 7.11 Å². The van der Waals surface area contributed by atoms with Crippen LogP contribution >= 0.6 is 0 Å². The molecule has 1 saturated heterocycles. The van der Waals surface area contributed by atoms with Gasteiger partial charge >= 0.3 is 0 Å². The Morgan fingerprint density at radius 3 is 2.83 bits per heavy atom. The molecule has 1 aliphatic rings. The van der Waals surface area contributed by atoms with Crippen molar-refractivity contribution in [2.45, 2.75) is 31.3 Å². The minimum absolute atomic E-state index is 0.0130. The third-order valence-electron chi connectivity index (χ3n) is 2.98. The van der Waals surface area contributed by atoms with E-state index < -0.39 is 0 Å². The zero-order valence-electron chi connectivity index (χ0n) is 11.0. The number of aliphatic hydroxyl groups excluding tert-OH is 1. The number of carbonyl (C=O) groups is 1. The molecule has 3 N–H and O–H groups in total. The van der Waals surface area contributed by atoms with Gasteiger partial charge in [0.2, 0.25) is 5.91 Å². The van der Waals surface area contributed by atoms with Crippen molar-refractivity contribution in [2.24, 2.45) is 0 Å². The second-order valence-corrected chi connectivity index (χ2v) is 4.50. The van der Waals surface area contributed by atoms with Gasteiger partial charge in [0.25, 0.3) is 0 Å². The maximum atomic E-state index is 11.7. The molecular weight excluding hydrogens is 236 g/mol. The van der Waals surface area contributed by atoms with Gasteiger partial charge in [0, 0.05) is 39.0 Å². The zero-order chi connectivity index (χ0) is 13.2. The third-order valence-corrected chi connectivity index (χ3v) is 2.98. The summed E-state index contributed by atoms with van der Waals surface area (Å²) < 4.78 is 10.2. The monoisotopic (exact) mass is 260 g/mol. The second kappa shape index (κ2) is 9.27. The van der Waals surface area contributed by atoms with Crippen molar-refractivity contribution in [1.29, 1.82) is 0 Å². The van der Waals surface area contributed by atoms with E-state index in [0.29, 0.717) is 13.0 Å². The smallest absolute Gasteiger partial charge is 0.234 e. The highest BCUT2D eigenvalue weighted by molar-refractivity contribution is 5.78. The average molecular weight is 260 g/mol. The quantitative estimate of drug-likeness (QED) is 0.536. The minimum atomic E-state index is -0.0130. The molecule has 1 atom stereocenters. The summed E-state index contributed by atoms with van der Waals surface area (Å²) in [5.74, 6) is -0.0130. The Morgan fingerprint density at radius 1 is 1.50 bits per heavy atom. The van der Waals surface area contributed by atoms with Crippen molar-refractivity contribution in [2.75, 3.05) is 40.1 Å². The molecule has 0 spiro atoms. The van der Waals surface area contributed by atoms with Crippen LogP contribution in [0.3, 0.4) is 0 Å². The van der Waals surface area contributed by atoms with Crippen molar-refractivity contribution in [3.63, 3.8) is 0 Å². The fourth-order valence-corrected chi connectivity index (χ4v) is 1.96. The van der Waals surface area contributed by atoms with Gasteiger partial charge in [-0.05, 0) is 19.3 Å². The van der Waals surface area contributed by atoms with E-state index in [1.165, 1.54) is 0 Å². The van der Waals surface area contributed by atoms with Crippen molar-refractivity contribution >= 4 is 5.91 Å². The first kappa shape index (κ1) is 15.4. The van der Waals surface area contributed by atoms with Crippen LogP contribution in [0.5, 0.6) is 0 Å². The Morgan fingerprint density at radius 2 is 2.22 bits per heavy atom. The van der Waals surface area contributed by atoms with Gasteiger partial charge in [-0.1, -0.05) is 0 Å². The summed E-state index contributed by atoms with van der Waals surface area (Å²) >= 11 is 0. The van der Waals surface area contributed by atoms with Crippen LogP contribution in [0.15, 0.2) is 0 Å². The standard InChI is InChI=1S/C12H24N2O4/c1-17-9-11(2-5-15)13-8-12(16)14-10-3-6-18-7-4-10/h10-11,13,15H,2-9H2,1H3,(H,14,16). The lowest BCUT2D eigenvalue weighted by atomic mass is 10.1. The first-order valence-corrected chi connectivity index (χ1v) is 6.46. The van der Waals surface area contributed by atoms with Crippen LogP contribution in [0.1, 0.15) is 19.3 Å². The predicted molar refractivity (Wildman–Crippen MR) is 67.4 cm³/mol. The van der Waals surface area contributed by atoms with E-state index in [2.05, 4.69) is 10.6 Å². The Kier molecular flexibility index (Phi) is 7.91.